The molecule has 0 radical (unpaired) electrons. The lowest BCUT2D eigenvalue weighted by atomic mass is 10.3. The zero-order valence-electron chi connectivity index (χ0n) is 10.8. The molecule has 6 nitrogen and oxygen atoms in total. The fourth-order valence-corrected chi connectivity index (χ4v) is 0.682. The Morgan fingerprint density at radius 2 is 1.88 bits per heavy atom. The average Bonchev–Trinajstić information content (AvgIpc) is 2.33. The van der Waals surface area contributed by atoms with E-state index in [4.69, 9.17) is 20.1 Å². The Balaban J connectivity index is 0. The minimum atomic E-state index is -0.445. The van der Waals surface area contributed by atoms with Crippen LogP contribution in [0.15, 0.2) is 0 Å². The van der Waals surface area contributed by atoms with Crippen molar-refractivity contribution in [3.05, 3.63) is 0 Å². The van der Waals surface area contributed by atoms with Gasteiger partial charge in [-0.25, -0.2) is 0 Å². The third kappa shape index (κ3) is 17.9. The summed E-state index contributed by atoms with van der Waals surface area (Å²) in [4.78, 5) is 10.2. The first-order valence-corrected chi connectivity index (χ1v) is 5.56. The van der Waals surface area contributed by atoms with Gasteiger partial charge in [-0.05, 0) is 20.3 Å². The monoisotopic (exact) mass is 252 g/mol. The Morgan fingerprint density at radius 1 is 1.29 bits per heavy atom. The molecule has 3 N–H and O–H groups in total. The van der Waals surface area contributed by atoms with E-state index in [9.17, 15) is 4.79 Å². The van der Waals surface area contributed by atoms with Crippen LogP contribution in [0.2, 0.25) is 0 Å². The Bertz CT molecular complexity index is 171. The molecular weight excluding hydrogens is 228 g/mol. The highest BCUT2D eigenvalue weighted by Crippen LogP contribution is 1.90. The molecule has 0 amide bonds. The number of aliphatic hydroxyl groups is 3. The lowest BCUT2D eigenvalue weighted by Gasteiger charge is -2.10. The summed E-state index contributed by atoms with van der Waals surface area (Å²) < 4.78 is 9.25. The van der Waals surface area contributed by atoms with Gasteiger partial charge in [-0.1, -0.05) is 0 Å². The van der Waals surface area contributed by atoms with Gasteiger partial charge in [0.1, 0.15) is 0 Å². The fourth-order valence-electron chi connectivity index (χ4n) is 0.682. The van der Waals surface area contributed by atoms with E-state index in [1.54, 1.807) is 13.8 Å². The van der Waals surface area contributed by atoms with Crippen LogP contribution >= 0.6 is 0 Å². The summed E-state index contributed by atoms with van der Waals surface area (Å²) in [5.41, 5.74) is 0. The minimum absolute atomic E-state index is 0.00667. The number of aliphatic hydroxyl groups excluding tert-OH is 3. The van der Waals surface area contributed by atoms with Crippen molar-refractivity contribution in [3.8, 4) is 0 Å². The van der Waals surface area contributed by atoms with Crippen LogP contribution in [0.25, 0.3) is 0 Å². The van der Waals surface area contributed by atoms with Gasteiger partial charge in [0, 0.05) is 13.0 Å². The molecule has 0 aliphatic carbocycles. The first kappa shape index (κ1) is 18.7. The second-order valence-corrected chi connectivity index (χ2v) is 3.58. The van der Waals surface area contributed by atoms with Crippen LogP contribution in [0.1, 0.15) is 26.7 Å². The van der Waals surface area contributed by atoms with E-state index in [0.717, 1.165) is 0 Å². The van der Waals surface area contributed by atoms with E-state index in [1.165, 1.54) is 7.11 Å². The van der Waals surface area contributed by atoms with E-state index in [2.05, 4.69) is 4.74 Å². The van der Waals surface area contributed by atoms with Crippen LogP contribution < -0.4 is 0 Å². The molecule has 0 aromatic carbocycles. The molecule has 17 heavy (non-hydrogen) atoms. The van der Waals surface area contributed by atoms with Crippen molar-refractivity contribution >= 4 is 5.97 Å². The Morgan fingerprint density at radius 3 is 2.24 bits per heavy atom. The summed E-state index contributed by atoms with van der Waals surface area (Å²) in [6.07, 6.45) is 0.193. The highest BCUT2D eigenvalue weighted by Gasteiger charge is 2.00. The van der Waals surface area contributed by atoms with Gasteiger partial charge in [0.05, 0.1) is 32.5 Å². The van der Waals surface area contributed by atoms with Crippen molar-refractivity contribution < 1.29 is 29.6 Å². The average molecular weight is 252 g/mol. The molecule has 0 spiro atoms. The molecule has 0 bridgehead atoms. The van der Waals surface area contributed by atoms with E-state index in [1.807, 2.05) is 0 Å². The molecule has 2 unspecified atom stereocenters. The van der Waals surface area contributed by atoms with Gasteiger partial charge in [-0.3, -0.25) is 4.79 Å². The zero-order chi connectivity index (χ0) is 13.7. The Hall–Kier alpha value is -0.690. The molecule has 0 saturated heterocycles. The van der Waals surface area contributed by atoms with Crippen LogP contribution in [-0.2, 0) is 14.3 Å². The molecule has 0 aromatic rings. The zero-order valence-corrected chi connectivity index (χ0v) is 10.8. The van der Waals surface area contributed by atoms with Gasteiger partial charge < -0.3 is 24.8 Å². The molecule has 104 valence electrons. The summed E-state index contributed by atoms with van der Waals surface area (Å²) >= 11 is 0. The van der Waals surface area contributed by atoms with Gasteiger partial charge in [-0.15, -0.1) is 0 Å². The minimum Gasteiger partial charge on any atom is -0.469 e. The highest BCUT2D eigenvalue weighted by molar-refractivity contribution is 5.68. The number of esters is 1. The fraction of sp³-hybridized carbons (Fsp3) is 0.909. The molecule has 0 fully saturated rings. The standard InChI is InChI=1S/C6H14O3.C5H10O3/c1-5(8)4-9-6(2)3-7;1-8-5(7)3-2-4-6/h5-8H,3-4H2,1-2H3;6H,2-4H2,1H3. The lowest BCUT2D eigenvalue weighted by molar-refractivity contribution is -0.140. The predicted molar refractivity (Wildman–Crippen MR) is 62.5 cm³/mol. The van der Waals surface area contributed by atoms with Crippen molar-refractivity contribution in [2.24, 2.45) is 0 Å². The maximum Gasteiger partial charge on any atom is 0.305 e. The van der Waals surface area contributed by atoms with Crippen LogP contribution in [0.3, 0.4) is 0 Å². The first-order valence-electron chi connectivity index (χ1n) is 5.56. The third-order valence-corrected chi connectivity index (χ3v) is 1.65. The number of carbonyl (C=O) groups excluding carboxylic acids is 1. The smallest absolute Gasteiger partial charge is 0.305 e. The second kappa shape index (κ2) is 13.4. The van der Waals surface area contributed by atoms with Crippen molar-refractivity contribution in [3.63, 3.8) is 0 Å². The lowest BCUT2D eigenvalue weighted by Crippen LogP contribution is -2.19. The normalized spacial score (nSPS) is 13.3. The van der Waals surface area contributed by atoms with Crippen LogP contribution in [-0.4, -0.2) is 60.4 Å². The largest absolute Gasteiger partial charge is 0.469 e. The number of rotatable bonds is 7. The quantitative estimate of drug-likeness (QED) is 0.538. The molecule has 0 heterocycles. The van der Waals surface area contributed by atoms with Gasteiger partial charge in [0.2, 0.25) is 0 Å². The van der Waals surface area contributed by atoms with Crippen LogP contribution in [0.4, 0.5) is 0 Å². The van der Waals surface area contributed by atoms with Gasteiger partial charge >= 0.3 is 5.97 Å². The first-order chi connectivity index (χ1) is 7.97. The van der Waals surface area contributed by atoms with Crippen molar-refractivity contribution in [2.45, 2.75) is 38.9 Å². The molecule has 0 aliphatic rings. The number of methoxy groups -OCH3 is 1. The summed E-state index contributed by atoms with van der Waals surface area (Å²) in [5.74, 6) is -0.265. The molecule has 0 aliphatic heterocycles. The van der Waals surface area contributed by atoms with Gasteiger partial charge in [0.15, 0.2) is 0 Å². The van der Waals surface area contributed by atoms with E-state index in [0.29, 0.717) is 19.4 Å². The molecule has 0 aromatic heterocycles. The summed E-state index contributed by atoms with van der Waals surface area (Å²) in [6.45, 7) is 3.75. The molecule has 2 atom stereocenters. The predicted octanol–water partition coefficient (Wildman–Crippen LogP) is -0.304. The second-order valence-electron chi connectivity index (χ2n) is 3.58. The van der Waals surface area contributed by atoms with E-state index >= 15 is 0 Å². The molecule has 0 rings (SSSR count). The molecule has 6 heteroatoms. The van der Waals surface area contributed by atoms with Crippen LogP contribution in [0.5, 0.6) is 0 Å². The molecular formula is C11H24O6. The SMILES string of the molecule is CC(O)COC(C)CO.COC(=O)CCCO. The summed E-state index contributed by atoms with van der Waals surface area (Å²) in [7, 11) is 1.33. The topological polar surface area (TPSA) is 96.2 Å². The highest BCUT2D eigenvalue weighted by atomic mass is 16.5. The number of carbonyl (C=O) groups is 1. The van der Waals surface area contributed by atoms with Crippen LogP contribution in [0, 0.1) is 0 Å². The summed E-state index contributed by atoms with van der Waals surface area (Å²) in [5, 5.41) is 25.3. The van der Waals surface area contributed by atoms with Crippen molar-refractivity contribution in [1.29, 1.82) is 0 Å². The number of ether oxygens (including phenoxy) is 2. The number of hydrogen-bond acceptors (Lipinski definition) is 6. The van der Waals surface area contributed by atoms with Gasteiger partial charge in [0.25, 0.3) is 0 Å². The third-order valence-electron chi connectivity index (χ3n) is 1.65. The van der Waals surface area contributed by atoms with Gasteiger partial charge in [-0.2, -0.15) is 0 Å². The Kier molecular flexibility index (Phi) is 14.7. The number of hydrogen-bond donors (Lipinski definition) is 3. The maximum atomic E-state index is 10.2. The van der Waals surface area contributed by atoms with Crippen molar-refractivity contribution in [2.75, 3.05) is 26.9 Å². The maximum absolute atomic E-state index is 10.2. The van der Waals surface area contributed by atoms with Crippen molar-refractivity contribution in [1.82, 2.24) is 0 Å². The van der Waals surface area contributed by atoms with E-state index < -0.39 is 6.10 Å². The molecule has 0 saturated carbocycles. The van der Waals surface area contributed by atoms with E-state index in [-0.39, 0.29) is 25.3 Å². The Labute approximate surface area is 102 Å². The summed E-state index contributed by atoms with van der Waals surface area (Å²) in [6, 6.07) is 0.